The molecule has 1 amide bonds. The molecule has 5 nitrogen and oxygen atoms in total. The fourth-order valence-electron chi connectivity index (χ4n) is 2.40. The van der Waals surface area contributed by atoms with E-state index in [1.165, 1.54) is 0 Å². The van der Waals surface area contributed by atoms with Gasteiger partial charge >= 0.3 is 5.97 Å². The molecule has 0 saturated heterocycles. The number of carbonyl (C=O) groups is 2. The van der Waals surface area contributed by atoms with Crippen LogP contribution in [0.15, 0.2) is 42.5 Å². The average molecular weight is 341 g/mol. The minimum Gasteiger partial charge on any atom is -0.482 e. The van der Waals surface area contributed by atoms with Crippen LogP contribution in [0.5, 0.6) is 5.75 Å². The Hall–Kier alpha value is -2.82. The Morgan fingerprint density at radius 2 is 1.64 bits per heavy atom. The van der Waals surface area contributed by atoms with Crippen molar-refractivity contribution >= 4 is 11.9 Å². The van der Waals surface area contributed by atoms with Crippen LogP contribution in [0, 0.1) is 20.8 Å². The van der Waals surface area contributed by atoms with Crippen LogP contribution in [0.4, 0.5) is 0 Å². The first kappa shape index (κ1) is 18.5. The van der Waals surface area contributed by atoms with Gasteiger partial charge in [-0.25, -0.2) is 4.79 Å². The van der Waals surface area contributed by atoms with Crippen molar-refractivity contribution in [3.63, 3.8) is 0 Å². The molecule has 2 aromatic carbocycles. The first-order valence-electron chi connectivity index (χ1n) is 8.12. The molecule has 25 heavy (non-hydrogen) atoms. The first-order chi connectivity index (χ1) is 11.9. The van der Waals surface area contributed by atoms with E-state index in [2.05, 4.69) is 5.32 Å². The summed E-state index contributed by atoms with van der Waals surface area (Å²) in [7, 11) is 0. The van der Waals surface area contributed by atoms with Crippen LogP contribution < -0.4 is 10.1 Å². The molecule has 0 saturated carbocycles. The zero-order chi connectivity index (χ0) is 18.2. The molecule has 2 aromatic rings. The molecule has 0 radical (unpaired) electrons. The Morgan fingerprint density at radius 3 is 2.32 bits per heavy atom. The third kappa shape index (κ3) is 6.30. The molecule has 0 heterocycles. The lowest BCUT2D eigenvalue weighted by atomic mass is 10.1. The van der Waals surface area contributed by atoms with Gasteiger partial charge in [0.15, 0.2) is 13.2 Å². The molecule has 0 atom stereocenters. The topological polar surface area (TPSA) is 64.6 Å². The Labute approximate surface area is 148 Å². The van der Waals surface area contributed by atoms with Crippen molar-refractivity contribution in [1.29, 1.82) is 0 Å². The monoisotopic (exact) mass is 341 g/mol. The van der Waals surface area contributed by atoms with Crippen molar-refractivity contribution in [3.8, 4) is 5.75 Å². The fourth-order valence-corrected chi connectivity index (χ4v) is 2.40. The van der Waals surface area contributed by atoms with Gasteiger partial charge in [-0.1, -0.05) is 30.3 Å². The zero-order valence-corrected chi connectivity index (χ0v) is 14.8. The van der Waals surface area contributed by atoms with Gasteiger partial charge in [-0.3, -0.25) is 4.79 Å². The van der Waals surface area contributed by atoms with E-state index >= 15 is 0 Å². The Kier molecular flexibility index (Phi) is 6.57. The van der Waals surface area contributed by atoms with Crippen molar-refractivity contribution in [2.24, 2.45) is 0 Å². The Morgan fingerprint density at radius 1 is 0.960 bits per heavy atom. The molecular formula is C20H23NO4. The molecule has 5 heteroatoms. The lowest BCUT2D eigenvalue weighted by Gasteiger charge is -2.10. The highest BCUT2D eigenvalue weighted by Gasteiger charge is 2.09. The minimum atomic E-state index is -0.579. The van der Waals surface area contributed by atoms with E-state index < -0.39 is 5.97 Å². The number of amides is 1. The summed E-state index contributed by atoms with van der Waals surface area (Å²) in [4.78, 5) is 23.5. The molecule has 1 N–H and O–H groups in total. The molecule has 0 fully saturated rings. The van der Waals surface area contributed by atoms with E-state index in [0.717, 1.165) is 22.3 Å². The smallest absolute Gasteiger partial charge is 0.344 e. The number of rotatable bonds is 7. The van der Waals surface area contributed by atoms with Gasteiger partial charge in [-0.05, 0) is 55.2 Å². The highest BCUT2D eigenvalue weighted by Crippen LogP contribution is 2.16. The summed E-state index contributed by atoms with van der Waals surface area (Å²) >= 11 is 0. The van der Waals surface area contributed by atoms with Crippen LogP contribution in [0.2, 0.25) is 0 Å². The van der Waals surface area contributed by atoms with Crippen LogP contribution in [-0.4, -0.2) is 25.1 Å². The lowest BCUT2D eigenvalue weighted by molar-refractivity contribution is -0.150. The summed E-state index contributed by atoms with van der Waals surface area (Å²) in [6.07, 6.45) is 0. The number of carbonyl (C=O) groups excluding carboxylic acids is 2. The molecule has 0 aliphatic carbocycles. The van der Waals surface area contributed by atoms with Crippen molar-refractivity contribution in [2.75, 3.05) is 13.2 Å². The second-order valence-electron chi connectivity index (χ2n) is 5.98. The molecule has 132 valence electrons. The van der Waals surface area contributed by atoms with Crippen molar-refractivity contribution in [1.82, 2.24) is 5.32 Å². The van der Waals surface area contributed by atoms with E-state index in [9.17, 15) is 9.59 Å². The van der Waals surface area contributed by atoms with Gasteiger partial charge in [0.1, 0.15) is 5.75 Å². The second kappa shape index (κ2) is 8.87. The number of ether oxygens (including phenoxy) is 2. The van der Waals surface area contributed by atoms with Crippen molar-refractivity contribution < 1.29 is 19.1 Å². The van der Waals surface area contributed by atoms with Gasteiger partial charge in [0.25, 0.3) is 5.91 Å². The number of benzene rings is 2. The standard InChI is InChI=1S/C20H23NO4/c1-14-8-15(2)10-18(9-14)24-13-20(23)25-12-19(22)21-11-17-7-5-4-6-16(17)3/h4-10H,11-13H2,1-3H3,(H,21,22). The Bertz CT molecular complexity index is 735. The number of esters is 1. The van der Waals surface area contributed by atoms with Gasteiger partial charge < -0.3 is 14.8 Å². The highest BCUT2D eigenvalue weighted by atomic mass is 16.6. The van der Waals surface area contributed by atoms with E-state index in [0.29, 0.717) is 12.3 Å². The second-order valence-corrected chi connectivity index (χ2v) is 5.98. The summed E-state index contributed by atoms with van der Waals surface area (Å²) in [5.74, 6) is -0.313. The van der Waals surface area contributed by atoms with E-state index in [1.54, 1.807) is 0 Å². The largest absolute Gasteiger partial charge is 0.482 e. The number of hydrogen-bond acceptors (Lipinski definition) is 4. The number of aryl methyl sites for hydroxylation is 3. The van der Waals surface area contributed by atoms with Crippen LogP contribution >= 0.6 is 0 Å². The average Bonchev–Trinajstić information content (AvgIpc) is 2.56. The molecular weight excluding hydrogens is 318 g/mol. The maximum Gasteiger partial charge on any atom is 0.344 e. The SMILES string of the molecule is Cc1cc(C)cc(OCC(=O)OCC(=O)NCc2ccccc2C)c1. The zero-order valence-electron chi connectivity index (χ0n) is 14.8. The molecule has 0 aromatic heterocycles. The maximum atomic E-state index is 11.8. The van der Waals surface area contributed by atoms with Crippen molar-refractivity contribution in [2.45, 2.75) is 27.3 Å². The highest BCUT2D eigenvalue weighted by molar-refractivity contribution is 5.80. The lowest BCUT2D eigenvalue weighted by Crippen LogP contribution is -2.29. The third-order valence-corrected chi connectivity index (χ3v) is 3.65. The van der Waals surface area contributed by atoms with Crippen LogP contribution in [0.1, 0.15) is 22.3 Å². The normalized spacial score (nSPS) is 10.2. The van der Waals surface area contributed by atoms with Crippen LogP contribution in [0.3, 0.4) is 0 Å². The van der Waals surface area contributed by atoms with Gasteiger partial charge in [-0.2, -0.15) is 0 Å². The quantitative estimate of drug-likeness (QED) is 0.787. The summed E-state index contributed by atoms with van der Waals surface area (Å²) in [6, 6.07) is 13.5. The van der Waals surface area contributed by atoms with E-state index in [1.807, 2.05) is 63.2 Å². The van der Waals surface area contributed by atoms with E-state index in [-0.39, 0.29) is 19.1 Å². The summed E-state index contributed by atoms with van der Waals surface area (Å²) in [5, 5.41) is 2.73. The summed E-state index contributed by atoms with van der Waals surface area (Å²) < 4.78 is 10.3. The van der Waals surface area contributed by atoms with E-state index in [4.69, 9.17) is 9.47 Å². The van der Waals surface area contributed by atoms with Gasteiger partial charge in [0.05, 0.1) is 0 Å². The van der Waals surface area contributed by atoms with Crippen LogP contribution in [0.25, 0.3) is 0 Å². The molecule has 0 aliphatic heterocycles. The minimum absolute atomic E-state index is 0.228. The van der Waals surface area contributed by atoms with Gasteiger partial charge in [-0.15, -0.1) is 0 Å². The third-order valence-electron chi connectivity index (χ3n) is 3.65. The molecule has 0 unspecified atom stereocenters. The summed E-state index contributed by atoms with van der Waals surface area (Å²) in [6.45, 7) is 5.75. The molecule has 2 rings (SSSR count). The predicted octanol–water partition coefficient (Wildman–Crippen LogP) is 2.85. The van der Waals surface area contributed by atoms with Gasteiger partial charge in [0, 0.05) is 6.54 Å². The number of hydrogen-bond donors (Lipinski definition) is 1. The molecule has 0 bridgehead atoms. The van der Waals surface area contributed by atoms with Crippen LogP contribution in [-0.2, 0) is 20.9 Å². The molecule has 0 spiro atoms. The van der Waals surface area contributed by atoms with Gasteiger partial charge in [0.2, 0.25) is 0 Å². The summed E-state index contributed by atoms with van der Waals surface area (Å²) in [5.41, 5.74) is 4.24. The molecule has 0 aliphatic rings. The first-order valence-corrected chi connectivity index (χ1v) is 8.12. The van der Waals surface area contributed by atoms with Crippen molar-refractivity contribution in [3.05, 3.63) is 64.7 Å². The number of nitrogens with one attached hydrogen (secondary N) is 1. The predicted molar refractivity (Wildman–Crippen MR) is 95.4 cm³/mol. The maximum absolute atomic E-state index is 11.8. The fraction of sp³-hybridized carbons (Fsp3) is 0.300. The Balaban J connectivity index is 1.70.